The van der Waals surface area contributed by atoms with Crippen LogP contribution in [0.5, 0.6) is 5.75 Å². The minimum Gasteiger partial charge on any atom is -0.372 e. The molecule has 150 valence electrons. The largest absolute Gasteiger partial charge is 0.372 e. The predicted octanol–water partition coefficient (Wildman–Crippen LogP) is 3.85. The Balaban J connectivity index is 2.09. The molecule has 0 saturated heterocycles. The molecule has 3 aromatic rings. The second-order valence-electron chi connectivity index (χ2n) is 5.69. The van der Waals surface area contributed by atoms with Gasteiger partial charge < -0.3 is 4.18 Å². The quantitative estimate of drug-likeness (QED) is 0.315. The molecule has 0 unspecified atom stereocenters. The van der Waals surface area contributed by atoms with Crippen LogP contribution in [0.15, 0.2) is 87.5 Å². The minimum absolute atomic E-state index is 0.0552. The normalized spacial score (nSPS) is 11.8. The molecule has 0 heterocycles. The maximum absolute atomic E-state index is 12.8. The van der Waals surface area contributed by atoms with E-state index < -0.39 is 36.3 Å². The highest BCUT2D eigenvalue weighted by atomic mass is 35.5. The Hall–Kier alpha value is -2.95. The van der Waals surface area contributed by atoms with Gasteiger partial charge in [0.1, 0.15) is 4.90 Å². The number of rotatable bonds is 6. The summed E-state index contributed by atoms with van der Waals surface area (Å²) in [7, 11) is -8.52. The fraction of sp³-hybridized carbons (Fsp3) is 0. The monoisotopic (exact) mass is 453 g/mol. The summed E-state index contributed by atoms with van der Waals surface area (Å²) >= 11 is 5.73. The Morgan fingerprint density at radius 1 is 0.793 bits per heavy atom. The van der Waals surface area contributed by atoms with Crippen LogP contribution in [0.1, 0.15) is 0 Å². The molecule has 0 amide bonds. The van der Waals surface area contributed by atoms with Crippen LogP contribution >= 0.6 is 11.6 Å². The average Bonchev–Trinajstić information content (AvgIpc) is 2.68. The van der Waals surface area contributed by atoms with Crippen LogP contribution in [0.2, 0.25) is 5.02 Å². The lowest BCUT2D eigenvalue weighted by atomic mass is 10.3. The van der Waals surface area contributed by atoms with Crippen molar-refractivity contribution in [3.63, 3.8) is 0 Å². The van der Waals surface area contributed by atoms with E-state index in [1.807, 2.05) is 0 Å². The second-order valence-corrected chi connectivity index (χ2v) is 9.63. The van der Waals surface area contributed by atoms with Gasteiger partial charge in [0.2, 0.25) is 15.6 Å². The molecule has 0 aliphatic carbocycles. The second kappa shape index (κ2) is 7.82. The van der Waals surface area contributed by atoms with Crippen LogP contribution in [0.3, 0.4) is 0 Å². The number of nitrogens with zero attached hydrogens (tertiary/aromatic N) is 1. The summed E-state index contributed by atoms with van der Waals surface area (Å²) in [4.78, 5) is 9.71. The molecule has 0 bridgehead atoms. The van der Waals surface area contributed by atoms with Gasteiger partial charge in [0.15, 0.2) is 0 Å². The lowest BCUT2D eigenvalue weighted by Crippen LogP contribution is -2.11. The third-order valence-corrected chi connectivity index (χ3v) is 7.06. The highest BCUT2D eigenvalue weighted by molar-refractivity contribution is 7.91. The fourth-order valence-corrected chi connectivity index (χ4v) is 4.74. The molecule has 11 heteroatoms. The smallest absolute Gasteiger partial charge is 0.339 e. The molecule has 3 rings (SSSR count). The van der Waals surface area contributed by atoms with Crippen molar-refractivity contribution >= 4 is 37.2 Å². The number of sulfone groups is 1. The fourth-order valence-electron chi connectivity index (χ4n) is 2.38. The van der Waals surface area contributed by atoms with Gasteiger partial charge in [-0.05, 0) is 42.5 Å². The van der Waals surface area contributed by atoms with Crippen LogP contribution in [0.25, 0.3) is 0 Å². The summed E-state index contributed by atoms with van der Waals surface area (Å²) in [5.41, 5.74) is -0.699. The first kappa shape index (κ1) is 20.8. The van der Waals surface area contributed by atoms with Crippen molar-refractivity contribution in [3.05, 3.63) is 87.9 Å². The Morgan fingerprint density at radius 2 is 1.38 bits per heavy atom. The number of halogens is 1. The van der Waals surface area contributed by atoms with Gasteiger partial charge in [0, 0.05) is 17.2 Å². The maximum atomic E-state index is 12.8. The molecule has 3 aromatic carbocycles. The molecule has 0 fully saturated rings. The first-order chi connectivity index (χ1) is 13.6. The molecule has 0 aliphatic heterocycles. The van der Waals surface area contributed by atoms with E-state index in [0.29, 0.717) is 0 Å². The summed E-state index contributed by atoms with van der Waals surface area (Å²) in [6.45, 7) is 0. The van der Waals surface area contributed by atoms with Gasteiger partial charge in [-0.15, -0.1) is 0 Å². The maximum Gasteiger partial charge on any atom is 0.339 e. The Labute approximate surface area is 171 Å². The standard InChI is InChI=1S/C18H12ClNO7S2/c19-13-6-8-15(9-7-13)29(25,26)27-18-12-16(10-11-17(18)20(21)22)28(23,24)14-4-2-1-3-5-14/h1-12H. The van der Waals surface area contributed by atoms with Crippen LogP contribution in [-0.2, 0) is 20.0 Å². The van der Waals surface area contributed by atoms with Crippen molar-refractivity contribution in [1.82, 2.24) is 0 Å². The molecule has 29 heavy (non-hydrogen) atoms. The van der Waals surface area contributed by atoms with Crippen LogP contribution in [-0.4, -0.2) is 21.8 Å². The number of benzene rings is 3. The Morgan fingerprint density at radius 3 is 1.97 bits per heavy atom. The molecular weight excluding hydrogens is 442 g/mol. The van der Waals surface area contributed by atoms with Crippen molar-refractivity contribution < 1.29 is 25.9 Å². The molecule has 0 saturated carbocycles. The van der Waals surface area contributed by atoms with E-state index in [1.165, 1.54) is 36.4 Å². The van der Waals surface area contributed by atoms with E-state index in [-0.39, 0.29) is 19.7 Å². The first-order valence-electron chi connectivity index (χ1n) is 7.90. The number of hydrogen-bond donors (Lipinski definition) is 0. The average molecular weight is 454 g/mol. The molecule has 0 spiro atoms. The summed E-state index contributed by atoms with van der Waals surface area (Å²) in [6, 6.07) is 15.0. The molecule has 8 nitrogen and oxygen atoms in total. The van der Waals surface area contributed by atoms with Gasteiger partial charge in [-0.2, -0.15) is 8.42 Å². The highest BCUT2D eigenvalue weighted by Gasteiger charge is 2.27. The highest BCUT2D eigenvalue weighted by Crippen LogP contribution is 2.34. The molecule has 0 atom stereocenters. The molecule has 0 radical (unpaired) electrons. The van der Waals surface area contributed by atoms with Gasteiger partial charge in [0.05, 0.1) is 14.7 Å². The summed E-state index contributed by atoms with van der Waals surface area (Å²) < 4.78 is 55.4. The van der Waals surface area contributed by atoms with E-state index >= 15 is 0 Å². The van der Waals surface area contributed by atoms with Crippen molar-refractivity contribution in [2.45, 2.75) is 14.7 Å². The summed E-state index contributed by atoms with van der Waals surface area (Å²) in [5.74, 6) is -0.720. The summed E-state index contributed by atoms with van der Waals surface area (Å²) in [6.07, 6.45) is 0. The Kier molecular flexibility index (Phi) is 5.60. The minimum atomic E-state index is -4.47. The zero-order valence-corrected chi connectivity index (χ0v) is 16.8. The van der Waals surface area contributed by atoms with Gasteiger partial charge in [-0.3, -0.25) is 10.1 Å². The van der Waals surface area contributed by atoms with Gasteiger partial charge >= 0.3 is 15.8 Å². The van der Waals surface area contributed by atoms with E-state index in [9.17, 15) is 26.9 Å². The third kappa shape index (κ3) is 4.39. The number of hydrogen-bond acceptors (Lipinski definition) is 7. The summed E-state index contributed by atoms with van der Waals surface area (Å²) in [5, 5.41) is 11.6. The van der Waals surface area contributed by atoms with E-state index in [2.05, 4.69) is 0 Å². The van der Waals surface area contributed by atoms with Crippen LogP contribution in [0, 0.1) is 10.1 Å². The van der Waals surface area contributed by atoms with Crippen molar-refractivity contribution in [2.24, 2.45) is 0 Å². The third-order valence-electron chi connectivity index (χ3n) is 3.79. The molecule has 0 N–H and O–H groups in total. The van der Waals surface area contributed by atoms with E-state index in [1.54, 1.807) is 6.07 Å². The zero-order chi connectivity index (χ0) is 21.2. The van der Waals surface area contributed by atoms with Gasteiger partial charge in [-0.1, -0.05) is 29.8 Å². The van der Waals surface area contributed by atoms with Crippen molar-refractivity contribution in [1.29, 1.82) is 0 Å². The molecule has 0 aromatic heterocycles. The van der Waals surface area contributed by atoms with Gasteiger partial charge in [-0.25, -0.2) is 8.42 Å². The topological polar surface area (TPSA) is 121 Å². The zero-order valence-electron chi connectivity index (χ0n) is 14.4. The number of nitro benzene ring substituents is 1. The first-order valence-corrected chi connectivity index (χ1v) is 11.2. The van der Waals surface area contributed by atoms with Gasteiger partial charge in [0.25, 0.3) is 0 Å². The lowest BCUT2D eigenvalue weighted by molar-refractivity contribution is -0.385. The number of nitro groups is 1. The SMILES string of the molecule is O=[N+]([O-])c1ccc(S(=O)(=O)c2ccccc2)cc1OS(=O)(=O)c1ccc(Cl)cc1. The van der Waals surface area contributed by atoms with Crippen molar-refractivity contribution in [2.75, 3.05) is 0 Å². The van der Waals surface area contributed by atoms with E-state index in [4.69, 9.17) is 15.8 Å². The molecular formula is C18H12ClNO7S2. The van der Waals surface area contributed by atoms with E-state index in [0.717, 1.165) is 30.3 Å². The van der Waals surface area contributed by atoms with Crippen LogP contribution < -0.4 is 4.18 Å². The Bertz CT molecular complexity index is 1270. The lowest BCUT2D eigenvalue weighted by Gasteiger charge is -2.10. The molecule has 0 aliphatic rings. The van der Waals surface area contributed by atoms with Crippen molar-refractivity contribution in [3.8, 4) is 5.75 Å². The predicted molar refractivity (Wildman–Crippen MR) is 104 cm³/mol. The van der Waals surface area contributed by atoms with Crippen LogP contribution in [0.4, 0.5) is 5.69 Å².